The quantitative estimate of drug-likeness (QED) is 0.867. The summed E-state index contributed by atoms with van der Waals surface area (Å²) in [4.78, 5) is 12.0. The van der Waals surface area contributed by atoms with Crippen molar-refractivity contribution >= 4 is 11.7 Å². The molecule has 108 valence electrons. The second-order valence-corrected chi connectivity index (χ2v) is 6.23. The van der Waals surface area contributed by atoms with Gasteiger partial charge in [-0.05, 0) is 68.2 Å². The van der Waals surface area contributed by atoms with Crippen LogP contribution < -0.4 is 10.6 Å². The molecule has 0 radical (unpaired) electrons. The molecule has 0 spiro atoms. The van der Waals surface area contributed by atoms with Gasteiger partial charge in [-0.3, -0.25) is 0 Å². The van der Waals surface area contributed by atoms with Crippen LogP contribution in [0.2, 0.25) is 0 Å². The third kappa shape index (κ3) is 2.79. The van der Waals surface area contributed by atoms with Crippen LogP contribution in [0.15, 0.2) is 24.3 Å². The zero-order valence-electron chi connectivity index (χ0n) is 11.7. The Morgan fingerprint density at radius 3 is 2.60 bits per heavy atom. The molecular weight excluding hydrogens is 255 g/mol. The van der Waals surface area contributed by atoms with Gasteiger partial charge in [0.2, 0.25) is 0 Å². The normalized spacial score (nSPS) is 29.2. The predicted molar refractivity (Wildman–Crippen MR) is 77.0 cm³/mol. The third-order valence-electron chi connectivity index (χ3n) is 4.90. The first-order valence-corrected chi connectivity index (χ1v) is 7.45. The molecule has 1 aromatic carbocycles. The highest BCUT2D eigenvalue weighted by molar-refractivity contribution is 5.89. The zero-order valence-corrected chi connectivity index (χ0v) is 11.7. The van der Waals surface area contributed by atoms with Gasteiger partial charge in [0.25, 0.3) is 0 Å². The summed E-state index contributed by atoms with van der Waals surface area (Å²) in [6, 6.07) is 5.82. The number of carbonyl (C=O) groups is 1. The largest absolute Gasteiger partial charge is 0.335 e. The molecule has 2 amide bonds. The highest BCUT2D eigenvalue weighted by Crippen LogP contribution is 2.49. The number of nitrogens with one attached hydrogen (secondary N) is 2. The van der Waals surface area contributed by atoms with Crippen molar-refractivity contribution in [2.75, 3.05) is 5.32 Å². The summed E-state index contributed by atoms with van der Waals surface area (Å²) < 4.78 is 12.8. The molecule has 0 aliphatic heterocycles. The van der Waals surface area contributed by atoms with E-state index in [1.54, 1.807) is 12.1 Å². The predicted octanol–water partition coefficient (Wildman–Crippen LogP) is 3.77. The molecule has 2 aliphatic rings. The standard InChI is InChI=1S/C16H21FN2O/c1-10(15-9-11-2-3-12(15)8-11)18-16(20)19-14-6-4-13(17)5-7-14/h4-7,10-12,15H,2-3,8-9H2,1H3,(H2,18,19,20)/t10-,11+,12+,15-/m1/s1. The summed E-state index contributed by atoms with van der Waals surface area (Å²) in [5.41, 5.74) is 0.615. The van der Waals surface area contributed by atoms with Gasteiger partial charge in [0, 0.05) is 11.7 Å². The molecule has 20 heavy (non-hydrogen) atoms. The van der Waals surface area contributed by atoms with Crippen LogP contribution in [0.25, 0.3) is 0 Å². The minimum absolute atomic E-state index is 0.200. The number of anilines is 1. The van der Waals surface area contributed by atoms with Crippen molar-refractivity contribution in [2.24, 2.45) is 17.8 Å². The molecule has 4 heteroatoms. The lowest BCUT2D eigenvalue weighted by Gasteiger charge is -2.28. The van der Waals surface area contributed by atoms with Crippen LogP contribution in [0.3, 0.4) is 0 Å². The number of hydrogen-bond acceptors (Lipinski definition) is 1. The SMILES string of the molecule is C[C@@H](NC(=O)Nc1ccc(F)cc1)[C@H]1C[C@H]2CC[C@H]1C2. The Balaban J connectivity index is 1.52. The van der Waals surface area contributed by atoms with Gasteiger partial charge in [0.05, 0.1) is 0 Å². The second-order valence-electron chi connectivity index (χ2n) is 6.23. The van der Waals surface area contributed by atoms with E-state index in [2.05, 4.69) is 17.6 Å². The van der Waals surface area contributed by atoms with Gasteiger partial charge in [0.15, 0.2) is 0 Å². The van der Waals surface area contributed by atoms with E-state index in [9.17, 15) is 9.18 Å². The third-order valence-corrected chi connectivity index (χ3v) is 4.90. The summed E-state index contributed by atoms with van der Waals surface area (Å²) in [6.45, 7) is 2.09. The van der Waals surface area contributed by atoms with Crippen molar-refractivity contribution in [3.63, 3.8) is 0 Å². The summed E-state index contributed by atoms with van der Waals surface area (Å²) in [5.74, 6) is 1.99. The van der Waals surface area contributed by atoms with Crippen LogP contribution in [0.1, 0.15) is 32.6 Å². The number of rotatable bonds is 3. The number of fused-ring (bicyclic) bond motifs is 2. The smallest absolute Gasteiger partial charge is 0.319 e. The Morgan fingerprint density at radius 1 is 1.25 bits per heavy atom. The molecule has 2 bridgehead atoms. The minimum Gasteiger partial charge on any atom is -0.335 e. The molecule has 2 saturated carbocycles. The lowest BCUT2D eigenvalue weighted by Crippen LogP contribution is -2.42. The monoisotopic (exact) mass is 276 g/mol. The number of amides is 2. The van der Waals surface area contributed by atoms with Gasteiger partial charge in [-0.1, -0.05) is 6.42 Å². The molecule has 0 unspecified atom stereocenters. The molecular formula is C16H21FN2O. The van der Waals surface area contributed by atoms with E-state index in [1.807, 2.05) is 0 Å². The van der Waals surface area contributed by atoms with Gasteiger partial charge in [-0.25, -0.2) is 9.18 Å². The Morgan fingerprint density at radius 2 is 2.00 bits per heavy atom. The van der Waals surface area contributed by atoms with Crippen LogP contribution in [0.4, 0.5) is 14.9 Å². The maximum atomic E-state index is 12.8. The fourth-order valence-corrected chi connectivity index (χ4v) is 3.92. The highest BCUT2D eigenvalue weighted by Gasteiger charge is 2.42. The van der Waals surface area contributed by atoms with Crippen molar-refractivity contribution in [2.45, 2.75) is 38.6 Å². The summed E-state index contributed by atoms with van der Waals surface area (Å²) in [6.07, 6.45) is 5.29. The number of urea groups is 1. The molecule has 2 N–H and O–H groups in total. The van der Waals surface area contributed by atoms with E-state index in [0.29, 0.717) is 11.6 Å². The summed E-state index contributed by atoms with van der Waals surface area (Å²) in [5, 5.41) is 5.78. The van der Waals surface area contributed by atoms with Crippen molar-refractivity contribution in [3.05, 3.63) is 30.1 Å². The number of benzene rings is 1. The van der Waals surface area contributed by atoms with Gasteiger partial charge >= 0.3 is 6.03 Å². The van der Waals surface area contributed by atoms with Crippen LogP contribution in [-0.4, -0.2) is 12.1 Å². The van der Waals surface area contributed by atoms with Crippen LogP contribution in [0.5, 0.6) is 0 Å². The average Bonchev–Trinajstić information content (AvgIpc) is 3.03. The molecule has 2 aliphatic carbocycles. The lowest BCUT2D eigenvalue weighted by atomic mass is 9.84. The number of hydrogen-bond donors (Lipinski definition) is 2. The van der Waals surface area contributed by atoms with Crippen molar-refractivity contribution in [3.8, 4) is 0 Å². The van der Waals surface area contributed by atoms with E-state index < -0.39 is 0 Å². The Bertz CT molecular complexity index is 488. The molecule has 0 heterocycles. The molecule has 2 fully saturated rings. The fourth-order valence-electron chi connectivity index (χ4n) is 3.92. The van der Waals surface area contributed by atoms with Crippen LogP contribution in [0, 0.1) is 23.6 Å². The molecule has 0 aromatic heterocycles. The molecule has 1 aromatic rings. The van der Waals surface area contributed by atoms with E-state index in [1.165, 1.54) is 37.8 Å². The number of carbonyl (C=O) groups excluding carboxylic acids is 1. The Kier molecular flexibility index (Phi) is 3.64. The lowest BCUT2D eigenvalue weighted by molar-refractivity contribution is 0.230. The zero-order chi connectivity index (χ0) is 14.1. The first-order chi connectivity index (χ1) is 9.61. The van der Waals surface area contributed by atoms with Gasteiger partial charge in [0.1, 0.15) is 5.82 Å². The second kappa shape index (κ2) is 5.43. The van der Waals surface area contributed by atoms with Gasteiger partial charge in [-0.15, -0.1) is 0 Å². The minimum atomic E-state index is -0.300. The van der Waals surface area contributed by atoms with E-state index >= 15 is 0 Å². The maximum Gasteiger partial charge on any atom is 0.319 e. The van der Waals surface area contributed by atoms with E-state index in [0.717, 1.165) is 11.8 Å². The highest BCUT2D eigenvalue weighted by atomic mass is 19.1. The average molecular weight is 276 g/mol. The Hall–Kier alpha value is -1.58. The summed E-state index contributed by atoms with van der Waals surface area (Å²) in [7, 11) is 0. The first kappa shape index (κ1) is 13.4. The molecule has 3 rings (SSSR count). The number of halogens is 1. The molecule has 4 atom stereocenters. The van der Waals surface area contributed by atoms with E-state index in [4.69, 9.17) is 0 Å². The van der Waals surface area contributed by atoms with Gasteiger partial charge in [-0.2, -0.15) is 0 Å². The van der Waals surface area contributed by atoms with E-state index in [-0.39, 0.29) is 17.9 Å². The molecule has 0 saturated heterocycles. The molecule has 3 nitrogen and oxygen atoms in total. The van der Waals surface area contributed by atoms with Crippen molar-refractivity contribution in [1.82, 2.24) is 5.32 Å². The van der Waals surface area contributed by atoms with Crippen molar-refractivity contribution < 1.29 is 9.18 Å². The topological polar surface area (TPSA) is 41.1 Å². The van der Waals surface area contributed by atoms with Crippen LogP contribution in [-0.2, 0) is 0 Å². The Labute approximate surface area is 118 Å². The fraction of sp³-hybridized carbons (Fsp3) is 0.562. The summed E-state index contributed by atoms with van der Waals surface area (Å²) >= 11 is 0. The van der Waals surface area contributed by atoms with Gasteiger partial charge < -0.3 is 10.6 Å². The maximum absolute atomic E-state index is 12.8. The van der Waals surface area contributed by atoms with Crippen molar-refractivity contribution in [1.29, 1.82) is 0 Å². The first-order valence-electron chi connectivity index (χ1n) is 7.45. The van der Waals surface area contributed by atoms with Crippen LogP contribution >= 0.6 is 0 Å².